The Morgan fingerprint density at radius 3 is 2.42 bits per heavy atom. The van der Waals surface area contributed by atoms with E-state index in [0.29, 0.717) is 16.8 Å². The minimum atomic E-state index is 0.128. The minimum Gasteiger partial charge on any atom is -0.274 e. The third-order valence-electron chi connectivity index (χ3n) is 2.43. The number of halogens is 2. The number of aromatic nitrogens is 5. The summed E-state index contributed by atoms with van der Waals surface area (Å²) in [7, 11) is 0. The van der Waals surface area contributed by atoms with E-state index in [0.717, 1.165) is 5.56 Å². The van der Waals surface area contributed by atoms with Gasteiger partial charge >= 0.3 is 0 Å². The summed E-state index contributed by atoms with van der Waals surface area (Å²) in [5, 5.41) is 0.780. The number of hydrogen-bond acceptors (Lipinski definition) is 4. The quantitative estimate of drug-likeness (QED) is 0.728. The fourth-order valence-electron chi connectivity index (χ4n) is 1.56. The van der Waals surface area contributed by atoms with Crippen LogP contribution in [0, 0.1) is 0 Å². The smallest absolute Gasteiger partial charge is 0.239 e. The van der Waals surface area contributed by atoms with Crippen molar-refractivity contribution >= 4 is 23.2 Å². The molecular weight excluding hydrogens is 285 g/mol. The predicted octanol–water partition coefficient (Wildman–Crippen LogP) is 3.03. The Labute approximate surface area is 118 Å². The first-order valence-corrected chi connectivity index (χ1v) is 6.14. The van der Waals surface area contributed by atoms with Crippen LogP contribution in [0.1, 0.15) is 0 Å². The molecule has 3 aromatic rings. The summed E-state index contributed by atoms with van der Waals surface area (Å²) >= 11 is 11.8. The van der Waals surface area contributed by atoms with Crippen LogP contribution in [-0.4, -0.2) is 24.5 Å². The topological polar surface area (TPSA) is 56.5 Å². The molecule has 0 amide bonds. The molecule has 7 heteroatoms. The van der Waals surface area contributed by atoms with E-state index in [1.165, 1.54) is 0 Å². The lowest BCUT2D eigenvalue weighted by molar-refractivity contribution is 0.899. The molecule has 2 heterocycles. The van der Waals surface area contributed by atoms with E-state index in [1.54, 1.807) is 35.4 Å². The molecule has 0 atom stereocenters. The summed E-state index contributed by atoms with van der Waals surface area (Å²) in [6.07, 6.45) is 4.97. The van der Waals surface area contributed by atoms with Crippen LogP contribution < -0.4 is 0 Å². The van der Waals surface area contributed by atoms with Gasteiger partial charge in [-0.05, 0) is 35.9 Å². The Bertz CT molecular complexity index is 695. The van der Waals surface area contributed by atoms with Gasteiger partial charge in [-0.3, -0.25) is 4.57 Å². The van der Waals surface area contributed by atoms with Gasteiger partial charge in [0.15, 0.2) is 5.82 Å². The molecule has 2 aromatic heterocycles. The third-order valence-corrected chi connectivity index (χ3v) is 2.86. The van der Waals surface area contributed by atoms with Gasteiger partial charge in [0.05, 0.1) is 0 Å². The van der Waals surface area contributed by atoms with Crippen LogP contribution >= 0.6 is 23.2 Å². The fourth-order valence-corrected chi connectivity index (χ4v) is 1.84. The molecular formula is C12H7Cl2N5. The largest absolute Gasteiger partial charge is 0.274 e. The maximum atomic E-state index is 5.93. The van der Waals surface area contributed by atoms with Crippen LogP contribution in [0.4, 0.5) is 0 Å². The SMILES string of the molecule is Clc1ccc(-c2nc(Cl)nc(-n3ccnc3)n2)cc1. The van der Waals surface area contributed by atoms with Crippen LogP contribution in [0.2, 0.25) is 10.3 Å². The van der Waals surface area contributed by atoms with E-state index in [-0.39, 0.29) is 5.28 Å². The summed E-state index contributed by atoms with van der Waals surface area (Å²) < 4.78 is 1.66. The number of nitrogens with zero attached hydrogens (tertiary/aromatic N) is 5. The number of benzene rings is 1. The summed E-state index contributed by atoms with van der Waals surface area (Å²) in [6, 6.07) is 7.19. The van der Waals surface area contributed by atoms with Crippen molar-refractivity contribution in [3.63, 3.8) is 0 Å². The standard InChI is InChI=1S/C12H7Cl2N5/c13-9-3-1-8(2-4-9)10-16-11(14)18-12(17-10)19-6-5-15-7-19/h1-7H. The molecule has 0 saturated carbocycles. The van der Waals surface area contributed by atoms with Crippen molar-refractivity contribution in [3.8, 4) is 17.3 Å². The molecule has 0 spiro atoms. The summed E-state index contributed by atoms with van der Waals surface area (Å²) in [4.78, 5) is 16.5. The normalized spacial score (nSPS) is 10.6. The average Bonchev–Trinajstić information content (AvgIpc) is 2.93. The summed E-state index contributed by atoms with van der Waals surface area (Å²) in [5.74, 6) is 0.905. The molecule has 0 bridgehead atoms. The zero-order chi connectivity index (χ0) is 13.2. The lowest BCUT2D eigenvalue weighted by atomic mass is 10.2. The first-order valence-electron chi connectivity index (χ1n) is 5.38. The molecule has 3 rings (SSSR count). The lowest BCUT2D eigenvalue weighted by Crippen LogP contribution is -2.02. The Morgan fingerprint density at radius 1 is 0.947 bits per heavy atom. The third kappa shape index (κ3) is 2.57. The minimum absolute atomic E-state index is 0.128. The van der Waals surface area contributed by atoms with Gasteiger partial charge in [-0.2, -0.15) is 15.0 Å². The van der Waals surface area contributed by atoms with Crippen molar-refractivity contribution in [2.75, 3.05) is 0 Å². The van der Waals surface area contributed by atoms with Crippen LogP contribution in [0.15, 0.2) is 43.0 Å². The Morgan fingerprint density at radius 2 is 1.74 bits per heavy atom. The van der Waals surface area contributed by atoms with Crippen molar-refractivity contribution in [2.24, 2.45) is 0 Å². The summed E-state index contributed by atoms with van der Waals surface area (Å²) in [6.45, 7) is 0. The second kappa shape index (κ2) is 4.95. The van der Waals surface area contributed by atoms with E-state index >= 15 is 0 Å². The van der Waals surface area contributed by atoms with E-state index in [2.05, 4.69) is 19.9 Å². The fraction of sp³-hybridized carbons (Fsp3) is 0. The molecule has 0 fully saturated rings. The lowest BCUT2D eigenvalue weighted by Gasteiger charge is -2.04. The van der Waals surface area contributed by atoms with E-state index in [4.69, 9.17) is 23.2 Å². The van der Waals surface area contributed by atoms with Crippen LogP contribution in [-0.2, 0) is 0 Å². The van der Waals surface area contributed by atoms with Crippen LogP contribution in [0.5, 0.6) is 0 Å². The average molecular weight is 292 g/mol. The molecule has 0 aliphatic carbocycles. The van der Waals surface area contributed by atoms with E-state index < -0.39 is 0 Å². The van der Waals surface area contributed by atoms with Crippen LogP contribution in [0.3, 0.4) is 0 Å². The Kier molecular flexibility index (Phi) is 3.15. The first kappa shape index (κ1) is 12.1. The second-order valence-corrected chi connectivity index (χ2v) is 4.48. The van der Waals surface area contributed by atoms with Gasteiger partial charge in [-0.25, -0.2) is 4.98 Å². The van der Waals surface area contributed by atoms with E-state index in [1.807, 2.05) is 12.1 Å². The van der Waals surface area contributed by atoms with Crippen molar-refractivity contribution in [1.29, 1.82) is 0 Å². The molecule has 0 N–H and O–H groups in total. The molecule has 0 unspecified atom stereocenters. The predicted molar refractivity (Wildman–Crippen MR) is 72.4 cm³/mol. The Hall–Kier alpha value is -1.98. The maximum absolute atomic E-state index is 5.93. The van der Waals surface area contributed by atoms with Crippen molar-refractivity contribution in [2.45, 2.75) is 0 Å². The van der Waals surface area contributed by atoms with E-state index in [9.17, 15) is 0 Å². The van der Waals surface area contributed by atoms with Gasteiger partial charge in [0.25, 0.3) is 0 Å². The zero-order valence-electron chi connectivity index (χ0n) is 9.53. The molecule has 0 radical (unpaired) electrons. The van der Waals surface area contributed by atoms with Gasteiger partial charge in [0.1, 0.15) is 6.33 Å². The molecule has 0 aliphatic heterocycles. The first-order chi connectivity index (χ1) is 9.22. The van der Waals surface area contributed by atoms with Gasteiger partial charge in [-0.1, -0.05) is 11.6 Å². The highest BCUT2D eigenvalue weighted by Crippen LogP contribution is 2.19. The number of hydrogen-bond donors (Lipinski definition) is 0. The summed E-state index contributed by atoms with van der Waals surface area (Å²) in [5.41, 5.74) is 0.815. The molecule has 1 aromatic carbocycles. The van der Waals surface area contributed by atoms with Gasteiger partial charge < -0.3 is 0 Å². The van der Waals surface area contributed by atoms with Gasteiger partial charge in [0, 0.05) is 23.0 Å². The number of rotatable bonds is 2. The van der Waals surface area contributed by atoms with Crippen LogP contribution in [0.25, 0.3) is 17.3 Å². The monoisotopic (exact) mass is 291 g/mol. The highest BCUT2D eigenvalue weighted by atomic mass is 35.5. The molecule has 0 saturated heterocycles. The molecule has 5 nitrogen and oxygen atoms in total. The molecule has 19 heavy (non-hydrogen) atoms. The molecule has 0 aliphatic rings. The molecule has 94 valence electrons. The van der Waals surface area contributed by atoms with Crippen molar-refractivity contribution in [1.82, 2.24) is 24.5 Å². The van der Waals surface area contributed by atoms with Crippen molar-refractivity contribution in [3.05, 3.63) is 53.3 Å². The van der Waals surface area contributed by atoms with Gasteiger partial charge in [0.2, 0.25) is 11.2 Å². The Balaban J connectivity index is 2.10. The highest BCUT2D eigenvalue weighted by Gasteiger charge is 2.08. The highest BCUT2D eigenvalue weighted by molar-refractivity contribution is 6.30. The maximum Gasteiger partial charge on any atom is 0.239 e. The van der Waals surface area contributed by atoms with Gasteiger partial charge in [-0.15, -0.1) is 0 Å². The zero-order valence-corrected chi connectivity index (χ0v) is 11.0. The number of imidazole rings is 1. The van der Waals surface area contributed by atoms with Crippen molar-refractivity contribution < 1.29 is 0 Å². The second-order valence-electron chi connectivity index (χ2n) is 3.70.